The Morgan fingerprint density at radius 2 is 1.95 bits per heavy atom. The SMILES string of the molecule is COc1cc(CCC2N(CC3CC3)CCC3CC(N(C)C(=O)/C=C/c4ccc(Cl)c(Cl)c4)CCC32O)ccc1O. The van der Waals surface area contributed by atoms with Gasteiger partial charge in [0.1, 0.15) is 0 Å². The average molecular weight is 588 g/mol. The van der Waals surface area contributed by atoms with Crippen molar-refractivity contribution >= 4 is 35.2 Å². The van der Waals surface area contributed by atoms with Gasteiger partial charge in [0, 0.05) is 31.8 Å². The summed E-state index contributed by atoms with van der Waals surface area (Å²) in [5, 5.41) is 23.2. The number of amides is 1. The summed E-state index contributed by atoms with van der Waals surface area (Å²) in [7, 11) is 3.43. The van der Waals surface area contributed by atoms with Crippen LogP contribution < -0.4 is 4.74 Å². The van der Waals surface area contributed by atoms with E-state index in [1.165, 1.54) is 12.8 Å². The second kappa shape index (κ2) is 12.3. The van der Waals surface area contributed by atoms with Crippen LogP contribution in [0.25, 0.3) is 6.08 Å². The minimum atomic E-state index is -0.773. The molecule has 40 heavy (non-hydrogen) atoms. The number of ether oxygens (including phenoxy) is 1. The minimum Gasteiger partial charge on any atom is -0.504 e. The number of hydrogen-bond donors (Lipinski definition) is 2. The van der Waals surface area contributed by atoms with Crippen molar-refractivity contribution in [3.05, 3.63) is 63.6 Å². The van der Waals surface area contributed by atoms with Gasteiger partial charge in [-0.1, -0.05) is 35.3 Å². The van der Waals surface area contributed by atoms with E-state index in [0.717, 1.165) is 62.2 Å². The van der Waals surface area contributed by atoms with Crippen LogP contribution in [0.2, 0.25) is 10.0 Å². The molecule has 4 unspecified atom stereocenters. The molecule has 2 aromatic rings. The molecular formula is C32H40Cl2N2O4. The predicted molar refractivity (Wildman–Crippen MR) is 160 cm³/mol. The summed E-state index contributed by atoms with van der Waals surface area (Å²) in [5.41, 5.74) is 1.15. The van der Waals surface area contributed by atoms with Crippen molar-refractivity contribution in [3.63, 3.8) is 0 Å². The molecule has 6 nitrogen and oxygen atoms in total. The first-order valence-corrected chi connectivity index (χ1v) is 15.2. The largest absolute Gasteiger partial charge is 0.504 e. The number of benzene rings is 2. The van der Waals surface area contributed by atoms with E-state index in [1.54, 1.807) is 37.5 Å². The number of phenolic OH excluding ortho intramolecular Hbond substituents is 1. The first-order chi connectivity index (χ1) is 19.2. The molecule has 2 N–H and O–H groups in total. The fourth-order valence-corrected chi connectivity index (χ4v) is 7.06. The molecule has 2 aromatic carbocycles. The number of fused-ring (bicyclic) bond motifs is 1. The highest BCUT2D eigenvalue weighted by Crippen LogP contribution is 2.47. The van der Waals surface area contributed by atoms with Gasteiger partial charge in [0.25, 0.3) is 0 Å². The summed E-state index contributed by atoms with van der Waals surface area (Å²) in [6.07, 6.45) is 10.8. The van der Waals surface area contributed by atoms with Crippen LogP contribution in [0.1, 0.15) is 56.1 Å². The average Bonchev–Trinajstić information content (AvgIpc) is 3.77. The standard InChI is InChI=1S/C32H40Cl2N2O4/c1-35(31(38)12-8-21-5-9-26(33)27(34)17-21)25-13-15-32(39)24(19-25)14-16-36(20-23-3-4-23)30(32)11-7-22-6-10-28(37)29(18-22)40-2/h5-6,8-10,12,17-18,23-25,30,37,39H,3-4,7,11,13-16,19-20H2,1-2H3/b12-8+. The van der Waals surface area contributed by atoms with Gasteiger partial charge in [-0.15, -0.1) is 0 Å². The summed E-state index contributed by atoms with van der Waals surface area (Å²) in [6, 6.07) is 11.0. The smallest absolute Gasteiger partial charge is 0.246 e. The lowest BCUT2D eigenvalue weighted by molar-refractivity contribution is -0.157. The molecule has 0 bridgehead atoms. The number of halogens is 2. The maximum Gasteiger partial charge on any atom is 0.246 e. The quantitative estimate of drug-likeness (QED) is 0.342. The molecule has 1 saturated heterocycles. The van der Waals surface area contributed by atoms with Crippen LogP contribution in [-0.4, -0.2) is 70.9 Å². The van der Waals surface area contributed by atoms with Gasteiger partial charge in [0.15, 0.2) is 11.5 Å². The van der Waals surface area contributed by atoms with E-state index in [-0.39, 0.29) is 29.7 Å². The number of nitrogens with zero attached hydrogens (tertiary/aromatic N) is 2. The summed E-state index contributed by atoms with van der Waals surface area (Å²) in [5.74, 6) is 1.47. The van der Waals surface area contributed by atoms with E-state index in [1.807, 2.05) is 30.1 Å². The number of piperidine rings is 1. The molecule has 1 aliphatic heterocycles. The van der Waals surface area contributed by atoms with Gasteiger partial charge < -0.3 is 19.8 Å². The number of aliphatic hydroxyl groups is 1. The number of phenols is 1. The van der Waals surface area contributed by atoms with Gasteiger partial charge in [-0.05, 0) is 111 Å². The fourth-order valence-electron chi connectivity index (χ4n) is 6.75. The van der Waals surface area contributed by atoms with E-state index in [9.17, 15) is 15.0 Å². The Morgan fingerprint density at radius 3 is 2.67 bits per heavy atom. The van der Waals surface area contributed by atoms with Crippen LogP contribution in [0.5, 0.6) is 11.5 Å². The van der Waals surface area contributed by atoms with Crippen LogP contribution in [-0.2, 0) is 11.2 Å². The van der Waals surface area contributed by atoms with Gasteiger partial charge in [0.05, 0.1) is 22.8 Å². The van der Waals surface area contributed by atoms with Crippen LogP contribution >= 0.6 is 23.2 Å². The molecular weight excluding hydrogens is 547 g/mol. The van der Waals surface area contributed by atoms with Crippen molar-refractivity contribution < 1.29 is 19.7 Å². The molecule has 1 amide bonds. The van der Waals surface area contributed by atoms with Crippen molar-refractivity contribution in [2.45, 2.75) is 69.1 Å². The molecule has 2 aliphatic carbocycles. The Hall–Kier alpha value is -2.25. The second-order valence-corrected chi connectivity index (χ2v) is 12.7. The summed E-state index contributed by atoms with van der Waals surface area (Å²) < 4.78 is 5.31. The lowest BCUT2D eigenvalue weighted by Gasteiger charge is -2.56. The van der Waals surface area contributed by atoms with Gasteiger partial charge in [-0.3, -0.25) is 9.69 Å². The lowest BCUT2D eigenvalue weighted by Crippen LogP contribution is -2.64. The number of methoxy groups -OCH3 is 1. The van der Waals surface area contributed by atoms with Crippen molar-refractivity contribution in [1.82, 2.24) is 9.80 Å². The summed E-state index contributed by atoms with van der Waals surface area (Å²) in [4.78, 5) is 17.4. The van der Waals surface area contributed by atoms with Crippen LogP contribution in [0.15, 0.2) is 42.5 Å². The van der Waals surface area contributed by atoms with Gasteiger partial charge in [-0.2, -0.15) is 0 Å². The zero-order chi connectivity index (χ0) is 28.4. The zero-order valence-corrected chi connectivity index (χ0v) is 24.9. The molecule has 3 fully saturated rings. The number of aryl methyl sites for hydroxylation is 1. The van der Waals surface area contributed by atoms with Gasteiger partial charge >= 0.3 is 0 Å². The van der Waals surface area contributed by atoms with Gasteiger partial charge in [0.2, 0.25) is 5.91 Å². The molecule has 5 rings (SSSR count). The zero-order valence-electron chi connectivity index (χ0n) is 23.4. The number of carbonyl (C=O) groups excluding carboxylic acids is 1. The van der Waals surface area contributed by atoms with Crippen molar-refractivity contribution in [2.75, 3.05) is 27.2 Å². The molecule has 4 atom stereocenters. The third-order valence-electron chi connectivity index (χ3n) is 9.32. The van der Waals surface area contributed by atoms with Crippen molar-refractivity contribution in [3.8, 4) is 11.5 Å². The maximum absolute atomic E-state index is 13.1. The molecule has 8 heteroatoms. The molecule has 0 aromatic heterocycles. The first-order valence-electron chi connectivity index (χ1n) is 14.4. The topological polar surface area (TPSA) is 73.2 Å². The van der Waals surface area contributed by atoms with Crippen LogP contribution in [0.4, 0.5) is 0 Å². The van der Waals surface area contributed by atoms with Crippen molar-refractivity contribution in [2.24, 2.45) is 11.8 Å². The van der Waals surface area contributed by atoms with Crippen molar-refractivity contribution in [1.29, 1.82) is 0 Å². The normalized spacial score (nSPS) is 27.0. The maximum atomic E-state index is 13.1. The molecule has 3 aliphatic rings. The van der Waals surface area contributed by atoms with Gasteiger partial charge in [-0.25, -0.2) is 0 Å². The monoisotopic (exact) mass is 586 g/mol. The highest BCUT2D eigenvalue weighted by atomic mass is 35.5. The fraction of sp³-hybridized carbons (Fsp3) is 0.531. The highest BCUT2D eigenvalue weighted by molar-refractivity contribution is 6.42. The van der Waals surface area contributed by atoms with E-state index in [4.69, 9.17) is 27.9 Å². The molecule has 216 valence electrons. The van der Waals surface area contributed by atoms with E-state index < -0.39 is 5.60 Å². The summed E-state index contributed by atoms with van der Waals surface area (Å²) in [6.45, 7) is 2.04. The Bertz CT molecular complexity index is 1250. The third-order valence-corrected chi connectivity index (χ3v) is 10.1. The summed E-state index contributed by atoms with van der Waals surface area (Å²) >= 11 is 12.1. The van der Waals surface area contributed by atoms with E-state index in [2.05, 4.69) is 4.90 Å². The Labute approximate surface area is 247 Å². The highest BCUT2D eigenvalue weighted by Gasteiger charge is 2.52. The second-order valence-electron chi connectivity index (χ2n) is 11.9. The molecule has 0 spiro atoms. The third kappa shape index (κ3) is 6.46. The number of aromatic hydroxyl groups is 1. The number of hydrogen-bond acceptors (Lipinski definition) is 5. The first kappa shape index (κ1) is 29.2. The van der Waals surface area contributed by atoms with E-state index in [0.29, 0.717) is 22.2 Å². The van der Waals surface area contributed by atoms with Crippen LogP contribution in [0, 0.1) is 11.8 Å². The number of likely N-dealkylation sites (tertiary alicyclic amines) is 1. The predicted octanol–water partition coefficient (Wildman–Crippen LogP) is 6.20. The number of carbonyl (C=O) groups is 1. The minimum absolute atomic E-state index is 0.0505. The molecule has 2 saturated carbocycles. The number of likely N-dealkylation sites (N-methyl/N-ethyl adjacent to an activating group) is 1. The molecule has 1 heterocycles. The molecule has 0 radical (unpaired) electrons. The Kier molecular flexibility index (Phi) is 9.01. The Balaban J connectivity index is 1.26. The Morgan fingerprint density at radius 1 is 1.15 bits per heavy atom. The van der Waals surface area contributed by atoms with E-state index >= 15 is 0 Å². The van der Waals surface area contributed by atoms with Crippen LogP contribution in [0.3, 0.4) is 0 Å². The number of rotatable bonds is 9. The lowest BCUT2D eigenvalue weighted by atomic mass is 9.64.